The van der Waals surface area contributed by atoms with Gasteiger partial charge in [0.25, 0.3) is 5.56 Å². The van der Waals surface area contributed by atoms with Gasteiger partial charge < -0.3 is 4.90 Å². The molecule has 0 bridgehead atoms. The Balaban J connectivity index is 2.02. The van der Waals surface area contributed by atoms with Crippen LogP contribution < -0.4 is 5.56 Å². The normalized spacial score (nSPS) is 11.0. The van der Waals surface area contributed by atoms with Crippen LogP contribution in [0.4, 0.5) is 0 Å². The highest BCUT2D eigenvalue weighted by atomic mass is 35.5. The van der Waals surface area contributed by atoms with Crippen molar-refractivity contribution in [3.05, 3.63) is 52.2 Å². The third-order valence-corrected chi connectivity index (χ3v) is 4.38. The van der Waals surface area contributed by atoms with Crippen molar-refractivity contribution in [3.8, 4) is 5.69 Å². The molecule has 2 heterocycles. The van der Waals surface area contributed by atoms with E-state index in [2.05, 4.69) is 10.1 Å². The lowest BCUT2D eigenvalue weighted by Crippen LogP contribution is -2.36. The quantitative estimate of drug-likeness (QED) is 0.699. The summed E-state index contributed by atoms with van der Waals surface area (Å²) in [5.74, 6) is -0.119. The summed E-state index contributed by atoms with van der Waals surface area (Å²) in [4.78, 5) is 30.9. The molecule has 0 unspecified atom stereocenters. The standard InChI is InChI=1S/C17H18ClN5O2/c1-3-21(4-2)15(24)10-22-11-19-16-12(17(22)25)9-20-23(16)14-8-6-5-7-13(14)18/h5-9,11H,3-4,10H2,1-2H3. The Bertz CT molecular complexity index is 975. The average Bonchev–Trinajstić information content (AvgIpc) is 3.03. The molecule has 2 aromatic heterocycles. The minimum absolute atomic E-state index is 0.0409. The lowest BCUT2D eigenvalue weighted by Gasteiger charge is -2.18. The molecule has 1 aromatic carbocycles. The highest BCUT2D eigenvalue weighted by Gasteiger charge is 2.16. The van der Waals surface area contributed by atoms with Gasteiger partial charge in [-0.2, -0.15) is 5.10 Å². The van der Waals surface area contributed by atoms with Crippen molar-refractivity contribution in [1.29, 1.82) is 0 Å². The maximum atomic E-state index is 12.7. The van der Waals surface area contributed by atoms with Crippen LogP contribution in [0.2, 0.25) is 5.02 Å². The maximum absolute atomic E-state index is 12.7. The summed E-state index contributed by atoms with van der Waals surface area (Å²) in [6.45, 7) is 4.97. The lowest BCUT2D eigenvalue weighted by molar-refractivity contribution is -0.131. The summed E-state index contributed by atoms with van der Waals surface area (Å²) in [6, 6.07) is 7.19. The van der Waals surface area contributed by atoms with Gasteiger partial charge in [0.2, 0.25) is 5.91 Å². The molecule has 0 aliphatic carbocycles. The zero-order chi connectivity index (χ0) is 18.0. The minimum Gasteiger partial charge on any atom is -0.342 e. The molecule has 0 radical (unpaired) electrons. The first-order valence-electron chi connectivity index (χ1n) is 8.02. The third kappa shape index (κ3) is 3.15. The van der Waals surface area contributed by atoms with E-state index in [4.69, 9.17) is 11.6 Å². The molecule has 3 rings (SSSR count). The number of carbonyl (C=O) groups is 1. The Morgan fingerprint density at radius 3 is 2.64 bits per heavy atom. The fourth-order valence-corrected chi connectivity index (χ4v) is 2.90. The van der Waals surface area contributed by atoms with Gasteiger partial charge in [0.15, 0.2) is 5.65 Å². The second kappa shape index (κ2) is 7.06. The largest absolute Gasteiger partial charge is 0.342 e. The molecule has 25 heavy (non-hydrogen) atoms. The number of rotatable bonds is 5. The first-order chi connectivity index (χ1) is 12.1. The van der Waals surface area contributed by atoms with Crippen LogP contribution in [0.3, 0.4) is 0 Å². The third-order valence-electron chi connectivity index (χ3n) is 4.06. The number of amides is 1. The van der Waals surface area contributed by atoms with E-state index in [0.717, 1.165) is 0 Å². The number of halogens is 1. The molecule has 0 saturated heterocycles. The molecule has 0 N–H and O–H groups in total. The number of hydrogen-bond acceptors (Lipinski definition) is 4. The Hall–Kier alpha value is -2.67. The molecular formula is C17H18ClN5O2. The fraction of sp³-hybridized carbons (Fsp3) is 0.294. The van der Waals surface area contributed by atoms with E-state index < -0.39 is 0 Å². The maximum Gasteiger partial charge on any atom is 0.264 e. The van der Waals surface area contributed by atoms with E-state index >= 15 is 0 Å². The van der Waals surface area contributed by atoms with Gasteiger partial charge in [0.05, 0.1) is 16.9 Å². The molecule has 0 saturated carbocycles. The van der Waals surface area contributed by atoms with Crippen molar-refractivity contribution < 1.29 is 4.79 Å². The molecule has 0 atom stereocenters. The van der Waals surface area contributed by atoms with Crippen molar-refractivity contribution in [2.24, 2.45) is 0 Å². The number of para-hydroxylation sites is 1. The summed E-state index contributed by atoms with van der Waals surface area (Å²) in [7, 11) is 0. The van der Waals surface area contributed by atoms with Gasteiger partial charge in [-0.25, -0.2) is 9.67 Å². The van der Waals surface area contributed by atoms with Crippen LogP contribution in [-0.2, 0) is 11.3 Å². The first-order valence-corrected chi connectivity index (χ1v) is 8.40. The van der Waals surface area contributed by atoms with Crippen LogP contribution in [0.5, 0.6) is 0 Å². The van der Waals surface area contributed by atoms with Crippen molar-refractivity contribution in [1.82, 2.24) is 24.2 Å². The molecule has 3 aromatic rings. The number of aromatic nitrogens is 4. The smallest absolute Gasteiger partial charge is 0.264 e. The molecule has 130 valence electrons. The van der Waals surface area contributed by atoms with Gasteiger partial charge in [-0.3, -0.25) is 14.2 Å². The molecule has 7 nitrogen and oxygen atoms in total. The number of likely N-dealkylation sites (N-methyl/N-ethyl adjacent to an activating group) is 1. The van der Waals surface area contributed by atoms with E-state index in [1.165, 1.54) is 21.8 Å². The molecule has 8 heteroatoms. The van der Waals surface area contributed by atoms with Crippen LogP contribution in [0, 0.1) is 0 Å². The van der Waals surface area contributed by atoms with Crippen LogP contribution in [0.15, 0.2) is 41.6 Å². The van der Waals surface area contributed by atoms with E-state index in [0.29, 0.717) is 34.8 Å². The number of nitrogens with zero attached hydrogens (tertiary/aromatic N) is 5. The predicted molar refractivity (Wildman–Crippen MR) is 96.1 cm³/mol. The van der Waals surface area contributed by atoms with Gasteiger partial charge >= 0.3 is 0 Å². The topological polar surface area (TPSA) is 73.0 Å². The van der Waals surface area contributed by atoms with Crippen LogP contribution >= 0.6 is 11.6 Å². The highest BCUT2D eigenvalue weighted by molar-refractivity contribution is 6.32. The Morgan fingerprint density at radius 1 is 1.24 bits per heavy atom. The van der Waals surface area contributed by atoms with Gasteiger partial charge in [-0.1, -0.05) is 23.7 Å². The fourth-order valence-electron chi connectivity index (χ4n) is 2.68. The molecule has 0 aliphatic rings. The lowest BCUT2D eigenvalue weighted by atomic mass is 10.3. The van der Waals surface area contributed by atoms with Gasteiger partial charge in [-0.05, 0) is 26.0 Å². The van der Waals surface area contributed by atoms with Crippen LogP contribution in [-0.4, -0.2) is 43.2 Å². The predicted octanol–water partition coefficient (Wildman–Crippen LogP) is 2.10. The van der Waals surface area contributed by atoms with Crippen LogP contribution in [0.25, 0.3) is 16.7 Å². The second-order valence-corrected chi connectivity index (χ2v) is 5.90. The summed E-state index contributed by atoms with van der Waals surface area (Å²) in [6.07, 6.45) is 2.83. The number of hydrogen-bond donors (Lipinski definition) is 0. The van der Waals surface area contributed by atoms with Gasteiger partial charge in [0, 0.05) is 13.1 Å². The van der Waals surface area contributed by atoms with Gasteiger partial charge in [-0.15, -0.1) is 0 Å². The van der Waals surface area contributed by atoms with Gasteiger partial charge in [0.1, 0.15) is 18.3 Å². The van der Waals surface area contributed by atoms with Crippen molar-refractivity contribution in [2.45, 2.75) is 20.4 Å². The van der Waals surface area contributed by atoms with Crippen molar-refractivity contribution >= 4 is 28.5 Å². The minimum atomic E-state index is -0.302. The molecular weight excluding hydrogens is 342 g/mol. The molecule has 0 fully saturated rings. The summed E-state index contributed by atoms with van der Waals surface area (Å²) >= 11 is 6.20. The van der Waals surface area contributed by atoms with E-state index in [1.807, 2.05) is 26.0 Å². The van der Waals surface area contributed by atoms with Crippen molar-refractivity contribution in [2.75, 3.05) is 13.1 Å². The highest BCUT2D eigenvalue weighted by Crippen LogP contribution is 2.21. The number of benzene rings is 1. The zero-order valence-corrected chi connectivity index (χ0v) is 14.8. The van der Waals surface area contributed by atoms with Crippen molar-refractivity contribution in [3.63, 3.8) is 0 Å². The number of fused-ring (bicyclic) bond motifs is 1. The Labute approximate surface area is 149 Å². The monoisotopic (exact) mass is 359 g/mol. The zero-order valence-electron chi connectivity index (χ0n) is 14.0. The van der Waals surface area contributed by atoms with E-state index in [-0.39, 0.29) is 18.0 Å². The molecule has 1 amide bonds. The average molecular weight is 360 g/mol. The molecule has 0 spiro atoms. The number of carbonyl (C=O) groups excluding carboxylic acids is 1. The SMILES string of the molecule is CCN(CC)C(=O)Cn1cnc2c(cnn2-c2ccccc2Cl)c1=O. The Kier molecular flexibility index (Phi) is 4.85. The Morgan fingerprint density at radius 2 is 1.96 bits per heavy atom. The summed E-state index contributed by atoms with van der Waals surface area (Å²) in [5.41, 5.74) is 0.747. The summed E-state index contributed by atoms with van der Waals surface area (Å²) in [5, 5.41) is 5.09. The van der Waals surface area contributed by atoms with E-state index in [1.54, 1.807) is 17.0 Å². The first kappa shape index (κ1) is 17.2. The second-order valence-electron chi connectivity index (χ2n) is 5.49. The van der Waals surface area contributed by atoms with Crippen LogP contribution in [0.1, 0.15) is 13.8 Å². The van der Waals surface area contributed by atoms with E-state index in [9.17, 15) is 9.59 Å². The summed E-state index contributed by atoms with van der Waals surface area (Å²) < 4.78 is 2.83. The molecule has 0 aliphatic heterocycles.